The minimum atomic E-state index is -1.03. The summed E-state index contributed by atoms with van der Waals surface area (Å²) in [5.41, 5.74) is 9.94. The van der Waals surface area contributed by atoms with E-state index < -0.39 is 130 Å². The molecular weight excluding hydrogens is 1700 g/mol. The van der Waals surface area contributed by atoms with E-state index in [0.717, 1.165) is 161 Å². The molecule has 0 unspecified atom stereocenters. The molecule has 0 atom stereocenters. The molecule has 0 fully saturated rings. The fourth-order valence-electron chi connectivity index (χ4n) is 10.4. The molecule has 18 nitrogen and oxygen atoms in total. The van der Waals surface area contributed by atoms with Crippen molar-refractivity contribution in [2.75, 3.05) is 40.8 Å². The summed E-state index contributed by atoms with van der Waals surface area (Å²) in [5, 5.41) is 0. The van der Waals surface area contributed by atoms with Gasteiger partial charge in [-0.15, -0.1) is 0 Å². The SMILES string of the molecule is CC(/C=C(/C)[O][Al]([CH3])[CH3])=NC(C)C.CC(C)N=C(/C=C(\[O][Al]([CH3])[CH3])C(C)C)C(C)C.CCC(/C=C(/CC)[O][Al]([CH3])[CH3])=NC.CCC(/C=C(/CC)[O][Al]([CH3])[CH3])=NC(C)C.CCN=C(/C=C(/CC)[O][Al]([CH3])[CH3])CC.CCN=C(/C=C(\[O][Al]([CH3])[CH3])C(C)C)C(C)C.CCN=C(C)/C=C(/C)[O][Al]([CH3])[CH3].CN=C(/C=C(\[O][Al]([CH3])[CH3])C(C)C)C(C)C.CN=C(C)/C=C(/C)[O][Al]([CH3])[CH3]. The highest BCUT2D eigenvalue weighted by Gasteiger charge is 2.19. The summed E-state index contributed by atoms with van der Waals surface area (Å²) in [6, 6.07) is 1.07. The molecule has 0 saturated carbocycles. The highest BCUT2D eigenvalue weighted by molar-refractivity contribution is 6.51. The summed E-state index contributed by atoms with van der Waals surface area (Å²) in [6.07, 6.45) is 24.5. The van der Waals surface area contributed by atoms with Gasteiger partial charge in [-0.3, -0.25) is 44.9 Å². The topological polar surface area (TPSA) is 194 Å². The Hall–Kier alpha value is -2.32. The van der Waals surface area contributed by atoms with E-state index in [2.05, 4.69) is 366 Å². The van der Waals surface area contributed by atoms with Gasteiger partial charge in [0.2, 0.25) is 0 Å². The molecule has 720 valence electrons. The highest BCUT2D eigenvalue weighted by Crippen LogP contribution is 2.20. The number of aliphatic imine (C=N–C) groups is 9. The molecule has 0 bridgehead atoms. The first-order valence-electron chi connectivity index (χ1n) is 48.2. The lowest BCUT2D eigenvalue weighted by Crippen LogP contribution is -2.15. The van der Waals surface area contributed by atoms with Gasteiger partial charge in [-0.05, 0) is 215 Å². The first-order valence-corrected chi connectivity index (χ1v) is 73.3. The third-order valence-electron chi connectivity index (χ3n) is 15.5. The van der Waals surface area contributed by atoms with E-state index in [9.17, 15) is 0 Å². The molecule has 0 aromatic heterocycles. The Morgan fingerprint density at radius 2 is 0.500 bits per heavy atom. The van der Waals surface area contributed by atoms with Gasteiger partial charge in [0.05, 0.1) is 51.8 Å². The summed E-state index contributed by atoms with van der Waals surface area (Å²) in [7, 11) is 5.46. The highest BCUT2D eigenvalue weighted by atomic mass is 27.2. The van der Waals surface area contributed by atoms with Crippen LogP contribution in [0.2, 0.25) is 104 Å². The fraction of sp³-hybridized carbons (Fsp3) is 0.727. The van der Waals surface area contributed by atoms with Crippen molar-refractivity contribution in [3.63, 3.8) is 0 Å². The Bertz CT molecular complexity index is 3340. The van der Waals surface area contributed by atoms with Crippen molar-refractivity contribution in [1.82, 2.24) is 0 Å². The van der Waals surface area contributed by atoms with E-state index in [0.29, 0.717) is 53.6 Å². The molecule has 0 aliphatic rings. The van der Waals surface area contributed by atoms with E-state index in [1.54, 1.807) is 7.05 Å². The number of nitrogens with zero attached hydrogens (tertiary/aromatic N) is 9. The van der Waals surface area contributed by atoms with E-state index in [-0.39, 0.29) is 0 Å². The average molecular weight is 1900 g/mol. The molecule has 0 aromatic carbocycles. The zero-order valence-electron chi connectivity index (χ0n) is 92.7. The second-order valence-corrected chi connectivity index (χ2v) is 56.7. The average Bonchev–Trinajstić information content (AvgIpc) is 0.903. The lowest BCUT2D eigenvalue weighted by molar-refractivity contribution is 0.379. The van der Waals surface area contributed by atoms with Crippen molar-refractivity contribution in [2.45, 2.75) is 389 Å². The van der Waals surface area contributed by atoms with Gasteiger partial charge in [0, 0.05) is 128 Å². The molecular formula is C99H198Al9N9O9. The Morgan fingerprint density at radius 3 is 0.738 bits per heavy atom. The summed E-state index contributed by atoms with van der Waals surface area (Å²) in [5.74, 6) is 51.4. The third-order valence-corrected chi connectivity index (χ3v) is 22.6. The second kappa shape index (κ2) is 90.5. The molecule has 0 heterocycles. The van der Waals surface area contributed by atoms with Crippen LogP contribution in [0.3, 0.4) is 0 Å². The minimum Gasteiger partial charge on any atom is -0.646 e. The smallest absolute Gasteiger partial charge is 0.539 e. The molecule has 0 rings (SSSR count). The zero-order valence-corrected chi connectivity index (χ0v) is 103. The van der Waals surface area contributed by atoms with Crippen molar-refractivity contribution in [2.24, 2.45) is 80.4 Å². The predicted molar refractivity (Wildman–Crippen MR) is 586 cm³/mol. The van der Waals surface area contributed by atoms with Gasteiger partial charge < -0.3 is 34.1 Å². The maximum Gasteiger partial charge on any atom is 0.539 e. The Balaban J connectivity index is -0.000000175. The number of rotatable bonds is 45. The van der Waals surface area contributed by atoms with Crippen LogP contribution in [0.5, 0.6) is 0 Å². The number of allylic oxidation sites excluding steroid dienone is 18. The van der Waals surface area contributed by atoms with Crippen LogP contribution in [0.1, 0.15) is 267 Å². The van der Waals surface area contributed by atoms with Crippen LogP contribution in [0.4, 0.5) is 0 Å². The van der Waals surface area contributed by atoms with E-state index in [1.807, 2.05) is 80.8 Å². The molecule has 0 spiro atoms. The molecule has 0 aliphatic carbocycles. The first kappa shape index (κ1) is 142. The van der Waals surface area contributed by atoms with E-state index in [1.165, 1.54) is 0 Å². The minimum absolute atomic E-state index is 0.341. The zero-order chi connectivity index (χ0) is 100. The second-order valence-electron chi connectivity index (χ2n) is 35.7. The summed E-state index contributed by atoms with van der Waals surface area (Å²) >= 11 is -8.74. The molecule has 0 aromatic rings. The molecule has 27 heteroatoms. The third kappa shape index (κ3) is 101. The van der Waals surface area contributed by atoms with Crippen LogP contribution in [-0.2, 0) is 34.1 Å². The monoisotopic (exact) mass is 1900 g/mol. The molecule has 0 aliphatic heterocycles. The summed E-state index contributed by atoms with van der Waals surface area (Å²) < 4.78 is 52.0. The number of hydrogen-bond donors (Lipinski definition) is 0. The fourth-order valence-corrected chi connectivity index (χ4v) is 18.0. The quantitative estimate of drug-likeness (QED) is 0.0324. The van der Waals surface area contributed by atoms with Crippen LogP contribution >= 0.6 is 0 Å². The van der Waals surface area contributed by atoms with E-state index >= 15 is 0 Å². The maximum absolute atomic E-state index is 5.99. The lowest BCUT2D eigenvalue weighted by Gasteiger charge is -2.19. The maximum atomic E-state index is 5.99. The van der Waals surface area contributed by atoms with Gasteiger partial charge in [0.15, 0.2) is 0 Å². The van der Waals surface area contributed by atoms with Gasteiger partial charge in [0.1, 0.15) is 0 Å². The van der Waals surface area contributed by atoms with Crippen LogP contribution < -0.4 is 0 Å². The molecule has 0 radical (unpaired) electrons. The van der Waals surface area contributed by atoms with Gasteiger partial charge in [-0.1, -0.05) is 229 Å². The normalized spacial score (nSPS) is 13.4. The summed E-state index contributed by atoms with van der Waals surface area (Å²) in [6.45, 7) is 72.0. The first-order chi connectivity index (χ1) is 58.3. The van der Waals surface area contributed by atoms with Crippen LogP contribution in [-0.4, -0.2) is 241 Å². The Labute approximate surface area is 824 Å². The molecule has 0 amide bonds. The van der Waals surface area contributed by atoms with Crippen molar-refractivity contribution in [3.05, 3.63) is 107 Å². The number of hydrogen-bond acceptors (Lipinski definition) is 18. The molecule has 0 N–H and O–H groups in total. The molecule has 126 heavy (non-hydrogen) atoms. The largest absolute Gasteiger partial charge is 0.646 e. The van der Waals surface area contributed by atoms with E-state index in [4.69, 9.17) is 34.1 Å². The van der Waals surface area contributed by atoms with Crippen LogP contribution in [0.25, 0.3) is 0 Å². The predicted octanol–water partition coefficient (Wildman–Crippen LogP) is 29.9. The van der Waals surface area contributed by atoms with Gasteiger partial charge in [0.25, 0.3) is 0 Å². The van der Waals surface area contributed by atoms with Crippen molar-refractivity contribution < 1.29 is 34.1 Å². The Morgan fingerprint density at radius 1 is 0.230 bits per heavy atom. The van der Waals surface area contributed by atoms with Gasteiger partial charge >= 0.3 is 130 Å². The Kier molecular flexibility index (Phi) is 102. The van der Waals surface area contributed by atoms with Gasteiger partial charge in [-0.2, -0.15) is 0 Å². The van der Waals surface area contributed by atoms with Crippen LogP contribution in [0.15, 0.2) is 151 Å². The van der Waals surface area contributed by atoms with Crippen molar-refractivity contribution in [3.8, 4) is 0 Å². The van der Waals surface area contributed by atoms with Gasteiger partial charge in [-0.25, -0.2) is 0 Å². The van der Waals surface area contributed by atoms with Crippen LogP contribution in [0, 0.1) is 35.5 Å². The van der Waals surface area contributed by atoms with Crippen molar-refractivity contribution in [1.29, 1.82) is 0 Å². The summed E-state index contributed by atoms with van der Waals surface area (Å²) in [4.78, 5) is 39.3. The molecule has 0 saturated heterocycles. The standard InChI is InChI=1S/C12H23NO.C11H21NO.2C10H19NO.C9H17NO.2C8H15NO.C7H13NO.C6H11NO.18CH3.9Al/c1-8(2)11(13-10(5)6)7-12(14)9(3)4;1-6-12-10(8(2)3)7-11(13)9(4)5;1-7(2)9(11-5)6-10(12)8(3)4;1-5-9(11-8(3)4)7-10(12)6-2;1-4-8(10-6-3)7-9(11)5-2;1-6(2)9-7(3)5-8(4)10;1-4-7(9-3)6-8(10)5-2;1-4-8-6(2)5-7(3)9;1-5(7-3)4-6(2)8;;;;;;;;;;;;;;;;;;;;;;;;;;;/h7-10,14H,1-6H3;7-9,13H,6H2,1-5H3;6-8,12H,1-5H3;7-8,12H,5-6H2,1-4H3;7,11H,4-6H2,1-3H3;5-6,10H,1-4H3;6,10H,4-5H2,1-3H3;5,9H,4H2,1-3H3;4,8H,1-3H3;18*1H3;;;;;;;;;/q;;;;;;;;;;;;;;;;;;;;;;;;;;;9*+1/p-9/b12-7-,13-11?;11-7-,12-10?;10-6-,11-9?;10-7-,11-9?;9-7-,10-8?;8-5-,9-7?;8-6-,9-7?;7-5-,8-6?;6-4-,7-5?;;;;;;;;;;;;;;;;;;;;;;;;;;;. The lowest BCUT2D eigenvalue weighted by atomic mass is 10.0. The van der Waals surface area contributed by atoms with Crippen molar-refractivity contribution >= 4 is 182 Å².